The normalized spacial score (nSPS) is 13.8. The highest BCUT2D eigenvalue weighted by atomic mass is 32.1. The predicted octanol–water partition coefficient (Wildman–Crippen LogP) is 4.54. The van der Waals surface area contributed by atoms with Gasteiger partial charge in [-0.15, -0.1) is 11.3 Å². The van der Waals surface area contributed by atoms with Crippen molar-refractivity contribution in [1.29, 1.82) is 0 Å². The minimum absolute atomic E-state index is 0.0498. The van der Waals surface area contributed by atoms with Crippen molar-refractivity contribution in [1.82, 2.24) is 5.32 Å². The number of carbonyl (C=O) groups is 2. The second kappa shape index (κ2) is 7.23. The first-order valence-electron chi connectivity index (χ1n) is 9.09. The minimum Gasteiger partial charge on any atom is -0.355 e. The summed E-state index contributed by atoms with van der Waals surface area (Å²) < 4.78 is 0. The van der Waals surface area contributed by atoms with E-state index in [-0.39, 0.29) is 17.2 Å². The molecule has 5 heteroatoms. The molecule has 0 saturated carbocycles. The summed E-state index contributed by atoms with van der Waals surface area (Å²) >= 11 is 1.54. The Morgan fingerprint density at radius 1 is 1.00 bits per heavy atom. The van der Waals surface area contributed by atoms with Crippen LogP contribution in [0, 0.1) is 0 Å². The van der Waals surface area contributed by atoms with Crippen LogP contribution in [0.3, 0.4) is 0 Å². The number of fused-ring (bicyclic) bond motifs is 1. The molecule has 1 aromatic carbocycles. The summed E-state index contributed by atoms with van der Waals surface area (Å²) in [5.74, 6) is -0.294. The summed E-state index contributed by atoms with van der Waals surface area (Å²) in [6, 6.07) is 7.69. The van der Waals surface area contributed by atoms with Crippen molar-refractivity contribution >= 4 is 28.2 Å². The lowest BCUT2D eigenvalue weighted by atomic mass is 9.87. The van der Waals surface area contributed by atoms with Gasteiger partial charge in [-0.2, -0.15) is 0 Å². The molecule has 2 aromatic rings. The highest BCUT2D eigenvalue weighted by Crippen LogP contribution is 2.38. The summed E-state index contributed by atoms with van der Waals surface area (Å²) in [5.41, 5.74) is 3.60. The molecule has 0 atom stereocenters. The highest BCUT2D eigenvalue weighted by Gasteiger charge is 2.26. The molecule has 1 aliphatic rings. The van der Waals surface area contributed by atoms with E-state index < -0.39 is 0 Å². The third-order valence-corrected chi connectivity index (χ3v) is 6.07. The molecule has 1 aromatic heterocycles. The van der Waals surface area contributed by atoms with E-state index in [1.807, 2.05) is 24.3 Å². The van der Waals surface area contributed by atoms with Crippen LogP contribution in [0.1, 0.15) is 70.3 Å². The Bertz CT molecular complexity index is 829. The van der Waals surface area contributed by atoms with Gasteiger partial charge in [-0.1, -0.05) is 32.9 Å². The Morgan fingerprint density at radius 2 is 1.65 bits per heavy atom. The van der Waals surface area contributed by atoms with Crippen LogP contribution in [0.15, 0.2) is 24.3 Å². The maximum absolute atomic E-state index is 12.7. The SMILES string of the molecule is CNC(=O)c1c(NC(=O)c2ccc(C(C)(C)C)cc2)sc2c1CCCC2. The molecular formula is C21H26N2O2S. The van der Waals surface area contributed by atoms with Crippen molar-refractivity contribution in [2.45, 2.75) is 51.9 Å². The quantitative estimate of drug-likeness (QED) is 0.833. The van der Waals surface area contributed by atoms with E-state index in [1.54, 1.807) is 18.4 Å². The van der Waals surface area contributed by atoms with Crippen molar-refractivity contribution in [3.05, 3.63) is 51.4 Å². The number of hydrogen-bond donors (Lipinski definition) is 2. The van der Waals surface area contributed by atoms with E-state index in [0.29, 0.717) is 16.1 Å². The zero-order valence-electron chi connectivity index (χ0n) is 15.9. The second-order valence-electron chi connectivity index (χ2n) is 7.78. The number of aryl methyl sites for hydroxylation is 1. The molecule has 0 saturated heterocycles. The molecule has 0 fully saturated rings. The first kappa shape index (κ1) is 18.6. The number of hydrogen-bond acceptors (Lipinski definition) is 3. The fraction of sp³-hybridized carbons (Fsp3) is 0.429. The molecule has 0 unspecified atom stereocenters. The number of anilines is 1. The molecule has 0 bridgehead atoms. The van der Waals surface area contributed by atoms with Crippen LogP contribution < -0.4 is 10.6 Å². The number of benzene rings is 1. The fourth-order valence-corrected chi connectivity index (χ4v) is 4.60. The van der Waals surface area contributed by atoms with Crippen molar-refractivity contribution in [3.63, 3.8) is 0 Å². The maximum atomic E-state index is 12.7. The van der Waals surface area contributed by atoms with Crippen LogP contribution >= 0.6 is 11.3 Å². The standard InChI is InChI=1S/C21H26N2O2S/c1-21(2,3)14-11-9-13(10-12-14)18(24)23-20-17(19(25)22-4)15-7-5-6-8-16(15)26-20/h9-12H,5-8H2,1-4H3,(H,22,25)(H,23,24). The fourth-order valence-electron chi connectivity index (χ4n) is 3.32. The van der Waals surface area contributed by atoms with Crippen molar-refractivity contribution < 1.29 is 9.59 Å². The number of nitrogens with one attached hydrogen (secondary N) is 2. The lowest BCUT2D eigenvalue weighted by molar-refractivity contribution is 0.0963. The Balaban J connectivity index is 1.87. The second-order valence-corrected chi connectivity index (χ2v) is 8.88. The molecule has 0 spiro atoms. The summed E-state index contributed by atoms with van der Waals surface area (Å²) in [7, 11) is 1.63. The van der Waals surface area contributed by atoms with Gasteiger partial charge in [0, 0.05) is 17.5 Å². The molecule has 3 rings (SSSR count). The number of rotatable bonds is 3. The Hall–Kier alpha value is -2.14. The third-order valence-electron chi connectivity index (χ3n) is 4.87. The lowest BCUT2D eigenvalue weighted by Crippen LogP contribution is -2.22. The van der Waals surface area contributed by atoms with E-state index in [0.717, 1.165) is 31.2 Å². The zero-order valence-corrected chi connectivity index (χ0v) is 16.7. The van der Waals surface area contributed by atoms with Crippen LogP contribution in [-0.2, 0) is 18.3 Å². The molecule has 2 N–H and O–H groups in total. The third kappa shape index (κ3) is 3.68. The van der Waals surface area contributed by atoms with Crippen LogP contribution in [0.4, 0.5) is 5.00 Å². The van der Waals surface area contributed by atoms with Gasteiger partial charge < -0.3 is 10.6 Å². The average Bonchev–Trinajstić information content (AvgIpc) is 2.98. The summed E-state index contributed by atoms with van der Waals surface area (Å²) in [6.07, 6.45) is 4.13. The number of amides is 2. The Morgan fingerprint density at radius 3 is 2.27 bits per heavy atom. The van der Waals surface area contributed by atoms with E-state index in [1.165, 1.54) is 10.4 Å². The molecule has 0 radical (unpaired) electrons. The summed E-state index contributed by atoms with van der Waals surface area (Å²) in [6.45, 7) is 6.44. The van der Waals surface area contributed by atoms with Crippen molar-refractivity contribution in [2.75, 3.05) is 12.4 Å². The molecule has 26 heavy (non-hydrogen) atoms. The van der Waals surface area contributed by atoms with Gasteiger partial charge in [0.05, 0.1) is 5.56 Å². The molecular weight excluding hydrogens is 344 g/mol. The van der Waals surface area contributed by atoms with Crippen LogP contribution in [0.5, 0.6) is 0 Å². The molecule has 0 aliphatic heterocycles. The van der Waals surface area contributed by atoms with Crippen molar-refractivity contribution in [3.8, 4) is 0 Å². The van der Waals surface area contributed by atoms with Gasteiger partial charge in [0.2, 0.25) is 0 Å². The molecule has 138 valence electrons. The van der Waals surface area contributed by atoms with E-state index in [4.69, 9.17) is 0 Å². The largest absolute Gasteiger partial charge is 0.355 e. The summed E-state index contributed by atoms with van der Waals surface area (Å²) in [5, 5.41) is 6.36. The zero-order chi connectivity index (χ0) is 18.9. The lowest BCUT2D eigenvalue weighted by Gasteiger charge is -2.19. The van der Waals surface area contributed by atoms with Crippen LogP contribution in [0.25, 0.3) is 0 Å². The van der Waals surface area contributed by atoms with Gasteiger partial charge in [0.15, 0.2) is 0 Å². The van der Waals surface area contributed by atoms with Gasteiger partial charge in [-0.05, 0) is 54.4 Å². The van der Waals surface area contributed by atoms with E-state index in [9.17, 15) is 9.59 Å². The smallest absolute Gasteiger partial charge is 0.256 e. The topological polar surface area (TPSA) is 58.2 Å². The maximum Gasteiger partial charge on any atom is 0.256 e. The first-order chi connectivity index (χ1) is 12.3. The Labute approximate surface area is 159 Å². The summed E-state index contributed by atoms with van der Waals surface area (Å²) in [4.78, 5) is 26.3. The molecule has 1 heterocycles. The molecule has 2 amide bonds. The molecule has 4 nitrogen and oxygen atoms in total. The first-order valence-corrected chi connectivity index (χ1v) is 9.91. The Kier molecular flexibility index (Phi) is 5.19. The predicted molar refractivity (Wildman–Crippen MR) is 107 cm³/mol. The average molecular weight is 371 g/mol. The van der Waals surface area contributed by atoms with Crippen molar-refractivity contribution in [2.24, 2.45) is 0 Å². The monoisotopic (exact) mass is 370 g/mol. The van der Waals surface area contributed by atoms with E-state index >= 15 is 0 Å². The van der Waals surface area contributed by atoms with Gasteiger partial charge in [0.1, 0.15) is 5.00 Å². The van der Waals surface area contributed by atoms with Gasteiger partial charge in [0.25, 0.3) is 11.8 Å². The molecule has 1 aliphatic carbocycles. The number of carbonyl (C=O) groups excluding carboxylic acids is 2. The van der Waals surface area contributed by atoms with Gasteiger partial charge in [-0.3, -0.25) is 9.59 Å². The van der Waals surface area contributed by atoms with Gasteiger partial charge >= 0.3 is 0 Å². The van der Waals surface area contributed by atoms with E-state index in [2.05, 4.69) is 31.4 Å². The van der Waals surface area contributed by atoms with Crippen LogP contribution in [-0.4, -0.2) is 18.9 Å². The van der Waals surface area contributed by atoms with Gasteiger partial charge in [-0.25, -0.2) is 0 Å². The number of thiophene rings is 1. The van der Waals surface area contributed by atoms with Crippen LogP contribution in [0.2, 0.25) is 0 Å². The highest BCUT2D eigenvalue weighted by molar-refractivity contribution is 7.17. The minimum atomic E-state index is -0.172.